The number of fused-ring (bicyclic) bond motifs is 1. The highest BCUT2D eigenvalue weighted by molar-refractivity contribution is 6.27. The van der Waals surface area contributed by atoms with E-state index in [-0.39, 0.29) is 6.42 Å². The lowest BCUT2D eigenvalue weighted by atomic mass is 9.81. The summed E-state index contributed by atoms with van der Waals surface area (Å²) in [6, 6.07) is 12.7. The van der Waals surface area contributed by atoms with Crippen molar-refractivity contribution in [3.05, 3.63) is 64.7 Å². The first-order valence-electron chi connectivity index (χ1n) is 7.15. The Morgan fingerprint density at radius 3 is 2.45 bits per heavy atom. The van der Waals surface area contributed by atoms with E-state index in [1.165, 1.54) is 0 Å². The van der Waals surface area contributed by atoms with Crippen LogP contribution in [-0.4, -0.2) is 22.4 Å². The van der Waals surface area contributed by atoms with Crippen LogP contribution in [0, 0.1) is 13.8 Å². The van der Waals surface area contributed by atoms with Crippen molar-refractivity contribution in [1.29, 1.82) is 0 Å². The van der Waals surface area contributed by atoms with Gasteiger partial charge in [-0.3, -0.25) is 9.59 Å². The monoisotopic (exact) mass is 295 g/mol. The van der Waals surface area contributed by atoms with Gasteiger partial charge in [-0.15, -0.1) is 0 Å². The van der Waals surface area contributed by atoms with Crippen LogP contribution in [0.15, 0.2) is 42.5 Å². The number of amides is 1. The Balaban J connectivity index is 2.07. The zero-order valence-corrected chi connectivity index (χ0v) is 12.5. The van der Waals surface area contributed by atoms with E-state index in [0.717, 1.165) is 16.7 Å². The Labute approximate surface area is 128 Å². The summed E-state index contributed by atoms with van der Waals surface area (Å²) in [7, 11) is 0. The second-order valence-electron chi connectivity index (χ2n) is 5.81. The summed E-state index contributed by atoms with van der Waals surface area (Å²) < 4.78 is 0. The Morgan fingerprint density at radius 2 is 1.77 bits per heavy atom. The number of aryl methyl sites for hydroxylation is 2. The molecule has 1 aliphatic rings. The summed E-state index contributed by atoms with van der Waals surface area (Å²) in [6.07, 6.45) is -0.0364. The number of Topliss-reactive ketones (excluding diaryl/α,β-unsaturated/α-hetero) is 1. The fraction of sp³-hybridized carbons (Fsp3) is 0.222. The van der Waals surface area contributed by atoms with E-state index in [1.807, 2.05) is 38.1 Å². The SMILES string of the molecule is Cc1cc(C)c2c(c1)NC(=O)C(O)(Cc1ccccc1)C2=O. The zero-order valence-electron chi connectivity index (χ0n) is 12.5. The highest BCUT2D eigenvalue weighted by Gasteiger charge is 2.48. The van der Waals surface area contributed by atoms with Gasteiger partial charge in [0.05, 0.1) is 5.69 Å². The lowest BCUT2D eigenvalue weighted by molar-refractivity contribution is -0.130. The smallest absolute Gasteiger partial charge is 0.264 e. The third-order valence-corrected chi connectivity index (χ3v) is 4.01. The summed E-state index contributed by atoms with van der Waals surface area (Å²) in [6.45, 7) is 3.71. The summed E-state index contributed by atoms with van der Waals surface area (Å²) in [5.41, 5.74) is 1.26. The highest BCUT2D eigenvalue weighted by Crippen LogP contribution is 2.33. The quantitative estimate of drug-likeness (QED) is 0.836. The predicted molar refractivity (Wildman–Crippen MR) is 84.0 cm³/mol. The summed E-state index contributed by atoms with van der Waals surface area (Å²) in [5.74, 6) is -1.20. The topological polar surface area (TPSA) is 66.4 Å². The van der Waals surface area contributed by atoms with E-state index < -0.39 is 17.3 Å². The molecule has 0 spiro atoms. The number of anilines is 1. The minimum absolute atomic E-state index is 0.0364. The van der Waals surface area contributed by atoms with Crippen LogP contribution < -0.4 is 5.32 Å². The molecule has 0 saturated carbocycles. The molecule has 2 N–H and O–H groups in total. The van der Waals surface area contributed by atoms with Gasteiger partial charge in [-0.05, 0) is 36.6 Å². The largest absolute Gasteiger partial charge is 0.373 e. The van der Waals surface area contributed by atoms with Crippen LogP contribution >= 0.6 is 0 Å². The van der Waals surface area contributed by atoms with Crippen molar-refractivity contribution < 1.29 is 14.7 Å². The molecule has 4 nitrogen and oxygen atoms in total. The molecule has 0 bridgehead atoms. The van der Waals surface area contributed by atoms with E-state index in [2.05, 4.69) is 5.32 Å². The maximum atomic E-state index is 12.8. The van der Waals surface area contributed by atoms with Crippen LogP contribution in [0.3, 0.4) is 0 Å². The van der Waals surface area contributed by atoms with Crippen LogP contribution in [0.25, 0.3) is 0 Å². The van der Waals surface area contributed by atoms with Crippen LogP contribution in [0.2, 0.25) is 0 Å². The average molecular weight is 295 g/mol. The van der Waals surface area contributed by atoms with E-state index in [9.17, 15) is 14.7 Å². The fourth-order valence-electron chi connectivity index (χ4n) is 2.96. The van der Waals surface area contributed by atoms with E-state index in [4.69, 9.17) is 0 Å². The molecule has 1 heterocycles. The van der Waals surface area contributed by atoms with Gasteiger partial charge in [-0.25, -0.2) is 0 Å². The second kappa shape index (κ2) is 5.07. The number of carbonyl (C=O) groups is 2. The lowest BCUT2D eigenvalue weighted by Gasteiger charge is -2.32. The van der Waals surface area contributed by atoms with Crippen molar-refractivity contribution in [2.75, 3.05) is 5.32 Å². The summed E-state index contributed by atoms with van der Waals surface area (Å²) >= 11 is 0. The van der Waals surface area contributed by atoms with Crippen molar-refractivity contribution in [3.63, 3.8) is 0 Å². The van der Waals surface area contributed by atoms with Gasteiger partial charge in [0.1, 0.15) is 0 Å². The van der Waals surface area contributed by atoms with Gasteiger partial charge in [0.2, 0.25) is 11.4 Å². The molecule has 1 atom stereocenters. The van der Waals surface area contributed by atoms with Crippen LogP contribution in [0.4, 0.5) is 5.69 Å². The van der Waals surface area contributed by atoms with Gasteiger partial charge in [0.25, 0.3) is 5.91 Å². The number of benzene rings is 2. The van der Waals surface area contributed by atoms with Gasteiger partial charge < -0.3 is 10.4 Å². The fourth-order valence-corrected chi connectivity index (χ4v) is 2.96. The summed E-state index contributed by atoms with van der Waals surface area (Å²) in [4.78, 5) is 25.1. The Hall–Kier alpha value is -2.46. The van der Waals surface area contributed by atoms with Gasteiger partial charge >= 0.3 is 0 Å². The van der Waals surface area contributed by atoms with Gasteiger partial charge in [0, 0.05) is 12.0 Å². The normalized spacial score (nSPS) is 20.5. The molecule has 2 aromatic rings. The van der Waals surface area contributed by atoms with E-state index in [0.29, 0.717) is 11.3 Å². The van der Waals surface area contributed by atoms with Crippen molar-refractivity contribution in [3.8, 4) is 0 Å². The maximum Gasteiger partial charge on any atom is 0.264 e. The van der Waals surface area contributed by atoms with Crippen LogP contribution in [0.5, 0.6) is 0 Å². The van der Waals surface area contributed by atoms with Crippen LogP contribution in [0.1, 0.15) is 27.0 Å². The first-order valence-corrected chi connectivity index (χ1v) is 7.15. The molecule has 3 rings (SSSR count). The molecule has 4 heteroatoms. The number of hydrogen-bond donors (Lipinski definition) is 2. The highest BCUT2D eigenvalue weighted by atomic mass is 16.3. The molecule has 22 heavy (non-hydrogen) atoms. The van der Waals surface area contributed by atoms with E-state index >= 15 is 0 Å². The number of ketones is 1. The zero-order chi connectivity index (χ0) is 15.9. The number of hydrogen-bond acceptors (Lipinski definition) is 3. The maximum absolute atomic E-state index is 12.8. The first-order chi connectivity index (χ1) is 10.4. The molecule has 2 aromatic carbocycles. The standard InChI is InChI=1S/C18H17NO3/c1-11-8-12(2)15-14(9-11)19-17(21)18(22,16(15)20)10-13-6-4-3-5-7-13/h3-9,22H,10H2,1-2H3,(H,19,21). The number of carbonyl (C=O) groups excluding carboxylic acids is 2. The first kappa shape index (κ1) is 14.5. The molecule has 0 radical (unpaired) electrons. The van der Waals surface area contributed by atoms with Gasteiger partial charge in [-0.2, -0.15) is 0 Å². The predicted octanol–water partition coefficient (Wildman–Crippen LogP) is 2.41. The van der Waals surface area contributed by atoms with Crippen molar-refractivity contribution in [2.45, 2.75) is 25.9 Å². The molecule has 0 fully saturated rings. The van der Waals surface area contributed by atoms with Crippen molar-refractivity contribution in [2.24, 2.45) is 0 Å². The molecule has 112 valence electrons. The number of nitrogens with one attached hydrogen (secondary N) is 1. The molecular weight excluding hydrogens is 278 g/mol. The third kappa shape index (κ3) is 2.22. The molecule has 0 aromatic heterocycles. The summed E-state index contributed by atoms with van der Waals surface area (Å²) in [5, 5.41) is 13.4. The minimum Gasteiger partial charge on any atom is -0.373 e. The molecule has 1 unspecified atom stereocenters. The minimum atomic E-state index is -2.06. The lowest BCUT2D eigenvalue weighted by Crippen LogP contribution is -2.55. The van der Waals surface area contributed by atoms with Crippen molar-refractivity contribution in [1.82, 2.24) is 0 Å². The number of rotatable bonds is 2. The average Bonchev–Trinajstić information content (AvgIpc) is 2.45. The Kier molecular flexibility index (Phi) is 3.34. The van der Waals surface area contributed by atoms with Gasteiger partial charge in [0.15, 0.2) is 0 Å². The van der Waals surface area contributed by atoms with E-state index in [1.54, 1.807) is 18.2 Å². The molecule has 1 amide bonds. The Bertz CT molecular complexity index is 767. The molecule has 0 saturated heterocycles. The van der Waals surface area contributed by atoms with Crippen LogP contribution in [-0.2, 0) is 11.2 Å². The third-order valence-electron chi connectivity index (χ3n) is 4.01. The molecule has 0 aliphatic carbocycles. The molecule has 1 aliphatic heterocycles. The van der Waals surface area contributed by atoms with Crippen molar-refractivity contribution >= 4 is 17.4 Å². The molecular formula is C18H17NO3. The second-order valence-corrected chi connectivity index (χ2v) is 5.81. The Morgan fingerprint density at radius 1 is 1.09 bits per heavy atom. The number of aliphatic hydroxyl groups is 1. The van der Waals surface area contributed by atoms with Gasteiger partial charge in [-0.1, -0.05) is 36.4 Å².